The third-order valence-corrected chi connectivity index (χ3v) is 5.51. The maximum atomic E-state index is 9.56. The van der Waals surface area contributed by atoms with Gasteiger partial charge in [-0.3, -0.25) is 0 Å². The van der Waals surface area contributed by atoms with E-state index in [1.165, 1.54) is 0 Å². The lowest BCUT2D eigenvalue weighted by Gasteiger charge is -2.29. The van der Waals surface area contributed by atoms with Crippen LogP contribution in [0.3, 0.4) is 0 Å². The molecular formula is C28H22N4. The first-order valence-electron chi connectivity index (χ1n) is 10.3. The molecule has 0 aliphatic heterocycles. The Morgan fingerprint density at radius 3 is 1.41 bits per heavy atom. The largest absolute Gasteiger partial charge is 0.344 e. The van der Waals surface area contributed by atoms with E-state index in [1.807, 2.05) is 68.7 Å². The molecule has 0 aromatic heterocycles. The molecule has 4 nitrogen and oxygen atoms in total. The van der Waals surface area contributed by atoms with Crippen molar-refractivity contribution in [3.63, 3.8) is 0 Å². The van der Waals surface area contributed by atoms with Crippen molar-refractivity contribution in [1.29, 1.82) is 10.5 Å². The number of nitrogens with zero attached hydrogens (tertiary/aromatic N) is 4. The Morgan fingerprint density at radius 2 is 1.00 bits per heavy atom. The van der Waals surface area contributed by atoms with Gasteiger partial charge in [0.1, 0.15) is 0 Å². The summed E-state index contributed by atoms with van der Waals surface area (Å²) < 4.78 is 0. The highest BCUT2D eigenvalue weighted by Crippen LogP contribution is 2.43. The van der Waals surface area contributed by atoms with Crippen molar-refractivity contribution in [2.45, 2.75) is 0 Å². The molecule has 154 valence electrons. The highest BCUT2D eigenvalue weighted by atomic mass is 15.1. The molecule has 0 amide bonds. The number of benzene rings is 4. The topological polar surface area (TPSA) is 54.1 Å². The van der Waals surface area contributed by atoms with Gasteiger partial charge in [-0.1, -0.05) is 42.5 Å². The fraction of sp³-hybridized carbons (Fsp3) is 0.0714. The van der Waals surface area contributed by atoms with Crippen molar-refractivity contribution in [2.24, 2.45) is 0 Å². The smallest absolute Gasteiger partial charge is 0.0992 e. The van der Waals surface area contributed by atoms with Crippen LogP contribution in [-0.4, -0.2) is 14.1 Å². The van der Waals surface area contributed by atoms with E-state index < -0.39 is 0 Å². The highest BCUT2D eigenvalue weighted by Gasteiger charge is 2.19. The Balaban J connectivity index is 1.99. The molecule has 0 unspecified atom stereocenters. The van der Waals surface area contributed by atoms with Crippen LogP contribution in [0.4, 0.5) is 22.7 Å². The standard InChI is InChI=1S/C28H22N4/c1-31(24-10-5-3-6-11-24)26-14-9-15-27(32(2)25-12-7-4-8-13-25)28(26)23-17-21(19-29)16-22(18-23)20-30/h3-18H,1-2H3. The maximum Gasteiger partial charge on any atom is 0.0992 e. The summed E-state index contributed by atoms with van der Waals surface area (Å²) in [6.45, 7) is 0. The number of para-hydroxylation sites is 2. The minimum Gasteiger partial charge on any atom is -0.344 e. The molecule has 0 N–H and O–H groups in total. The SMILES string of the molecule is CN(c1ccccc1)c1cccc(N(C)c2ccccc2)c1-c1cc(C#N)cc(C#N)c1. The first-order chi connectivity index (χ1) is 15.6. The summed E-state index contributed by atoms with van der Waals surface area (Å²) in [6.07, 6.45) is 0. The minimum absolute atomic E-state index is 0.463. The number of hydrogen-bond donors (Lipinski definition) is 0. The summed E-state index contributed by atoms with van der Waals surface area (Å²) in [6, 6.07) is 36.1. The van der Waals surface area contributed by atoms with Gasteiger partial charge in [0, 0.05) is 31.0 Å². The molecule has 0 saturated carbocycles. The lowest BCUT2D eigenvalue weighted by molar-refractivity contribution is 1.18. The van der Waals surface area contributed by atoms with Crippen LogP contribution in [0.5, 0.6) is 0 Å². The molecule has 0 bridgehead atoms. The molecule has 4 rings (SSSR count). The van der Waals surface area contributed by atoms with Gasteiger partial charge in [0.15, 0.2) is 0 Å². The number of nitriles is 2. The second-order valence-corrected chi connectivity index (χ2v) is 7.48. The molecule has 0 spiro atoms. The van der Waals surface area contributed by atoms with E-state index >= 15 is 0 Å². The summed E-state index contributed by atoms with van der Waals surface area (Å²) in [4.78, 5) is 4.26. The van der Waals surface area contributed by atoms with Crippen molar-refractivity contribution in [2.75, 3.05) is 23.9 Å². The van der Waals surface area contributed by atoms with Crippen LogP contribution in [0.25, 0.3) is 11.1 Å². The lowest BCUT2D eigenvalue weighted by atomic mass is 9.96. The average Bonchev–Trinajstić information content (AvgIpc) is 2.88. The Kier molecular flexibility index (Phi) is 5.88. The molecular weight excluding hydrogens is 392 g/mol. The van der Waals surface area contributed by atoms with Crippen molar-refractivity contribution < 1.29 is 0 Å². The monoisotopic (exact) mass is 414 g/mol. The highest BCUT2D eigenvalue weighted by molar-refractivity contribution is 5.93. The van der Waals surface area contributed by atoms with Gasteiger partial charge in [-0.25, -0.2) is 0 Å². The van der Waals surface area contributed by atoms with Crippen LogP contribution in [0, 0.1) is 22.7 Å². The summed E-state index contributed by atoms with van der Waals surface area (Å²) in [5.41, 5.74) is 6.77. The molecule has 0 fully saturated rings. The summed E-state index contributed by atoms with van der Waals surface area (Å²) in [5, 5.41) is 19.1. The summed E-state index contributed by atoms with van der Waals surface area (Å²) in [7, 11) is 4.06. The molecule has 0 heterocycles. The van der Waals surface area contributed by atoms with Crippen molar-refractivity contribution in [1.82, 2.24) is 0 Å². The van der Waals surface area contributed by atoms with Gasteiger partial charge >= 0.3 is 0 Å². The van der Waals surface area contributed by atoms with E-state index in [-0.39, 0.29) is 0 Å². The predicted molar refractivity (Wildman–Crippen MR) is 130 cm³/mol. The van der Waals surface area contributed by atoms with E-state index in [0.717, 1.165) is 33.9 Å². The molecule has 0 atom stereocenters. The number of hydrogen-bond acceptors (Lipinski definition) is 4. The fourth-order valence-electron chi connectivity index (χ4n) is 3.87. The Bertz CT molecular complexity index is 1220. The molecule has 32 heavy (non-hydrogen) atoms. The van der Waals surface area contributed by atoms with Gasteiger partial charge in [-0.05, 0) is 60.2 Å². The van der Waals surface area contributed by atoms with Crippen LogP contribution in [0.15, 0.2) is 97.1 Å². The third-order valence-electron chi connectivity index (χ3n) is 5.51. The van der Waals surface area contributed by atoms with Gasteiger partial charge in [-0.15, -0.1) is 0 Å². The Labute approximate surface area is 188 Å². The maximum absolute atomic E-state index is 9.56. The number of anilines is 4. The van der Waals surface area contributed by atoms with Gasteiger partial charge in [0.05, 0.1) is 34.6 Å². The molecule has 4 aromatic rings. The van der Waals surface area contributed by atoms with Crippen LogP contribution in [0.2, 0.25) is 0 Å². The normalized spacial score (nSPS) is 10.1. The van der Waals surface area contributed by atoms with Crippen LogP contribution >= 0.6 is 0 Å². The molecule has 0 radical (unpaired) electrons. The van der Waals surface area contributed by atoms with E-state index in [1.54, 1.807) is 6.07 Å². The van der Waals surface area contributed by atoms with E-state index in [0.29, 0.717) is 11.1 Å². The first kappa shape index (κ1) is 20.7. The molecule has 0 aliphatic carbocycles. The number of rotatable bonds is 5. The zero-order chi connectivity index (χ0) is 22.5. The predicted octanol–water partition coefficient (Wildman–Crippen LogP) is 6.63. The fourth-order valence-corrected chi connectivity index (χ4v) is 3.87. The Hall–Kier alpha value is -4.54. The van der Waals surface area contributed by atoms with E-state index in [4.69, 9.17) is 0 Å². The molecule has 4 aromatic carbocycles. The van der Waals surface area contributed by atoms with Crippen LogP contribution in [0.1, 0.15) is 11.1 Å². The minimum atomic E-state index is 0.463. The average molecular weight is 415 g/mol. The van der Waals surface area contributed by atoms with Gasteiger partial charge in [-0.2, -0.15) is 10.5 Å². The van der Waals surface area contributed by atoms with E-state index in [9.17, 15) is 10.5 Å². The summed E-state index contributed by atoms with van der Waals surface area (Å²) in [5.74, 6) is 0. The first-order valence-corrected chi connectivity index (χ1v) is 10.3. The molecule has 4 heteroatoms. The van der Waals surface area contributed by atoms with Crippen molar-refractivity contribution in [3.8, 4) is 23.3 Å². The Morgan fingerprint density at radius 1 is 0.562 bits per heavy atom. The van der Waals surface area contributed by atoms with Gasteiger partial charge in [0.2, 0.25) is 0 Å². The van der Waals surface area contributed by atoms with Gasteiger partial charge in [0.25, 0.3) is 0 Å². The molecule has 0 saturated heterocycles. The second-order valence-electron chi connectivity index (χ2n) is 7.48. The zero-order valence-electron chi connectivity index (χ0n) is 18.0. The third kappa shape index (κ3) is 4.03. The van der Waals surface area contributed by atoms with Crippen molar-refractivity contribution in [3.05, 3.63) is 108 Å². The summed E-state index contributed by atoms with van der Waals surface area (Å²) >= 11 is 0. The molecule has 0 aliphatic rings. The van der Waals surface area contributed by atoms with Crippen LogP contribution in [-0.2, 0) is 0 Å². The van der Waals surface area contributed by atoms with E-state index in [2.05, 4.69) is 58.3 Å². The zero-order valence-corrected chi connectivity index (χ0v) is 18.0. The van der Waals surface area contributed by atoms with Crippen molar-refractivity contribution >= 4 is 22.7 Å². The quantitative estimate of drug-likeness (QED) is 0.368. The van der Waals surface area contributed by atoms with Gasteiger partial charge < -0.3 is 9.80 Å². The second kappa shape index (κ2) is 9.08. The van der Waals surface area contributed by atoms with Crippen LogP contribution < -0.4 is 9.80 Å². The lowest BCUT2D eigenvalue weighted by Crippen LogP contribution is -2.15.